The van der Waals surface area contributed by atoms with Crippen LogP contribution in [0.2, 0.25) is 0 Å². The summed E-state index contributed by atoms with van der Waals surface area (Å²) < 4.78 is 0. The van der Waals surface area contributed by atoms with Gasteiger partial charge in [-0.25, -0.2) is 0 Å². The first-order chi connectivity index (χ1) is 5.31. The maximum absolute atomic E-state index is 8.49. The number of nitriles is 1. The van der Waals surface area contributed by atoms with E-state index in [9.17, 15) is 0 Å². The number of rotatable bonds is 6. The van der Waals surface area contributed by atoms with Crippen molar-refractivity contribution in [1.82, 2.24) is 0 Å². The predicted octanol–water partition coefficient (Wildman–Crippen LogP) is 3.93. The van der Waals surface area contributed by atoms with Gasteiger partial charge in [0.2, 0.25) is 0 Å². The molecular weight excluding hydrogens is 170 g/mol. The molecule has 0 saturated carbocycles. The van der Waals surface area contributed by atoms with Gasteiger partial charge in [-0.3, -0.25) is 0 Å². The van der Waals surface area contributed by atoms with E-state index in [4.69, 9.17) is 5.26 Å². The topological polar surface area (TPSA) is 23.8 Å². The summed E-state index contributed by atoms with van der Waals surface area (Å²) >= 11 is 0. The van der Waals surface area contributed by atoms with Crippen molar-refractivity contribution in [1.29, 1.82) is 5.26 Å². The fourth-order valence-corrected chi connectivity index (χ4v) is 1.12. The van der Waals surface area contributed by atoms with E-state index in [1.54, 1.807) is 0 Å². The molecule has 1 atom stereocenters. The van der Waals surface area contributed by atoms with Gasteiger partial charge < -0.3 is 0 Å². The number of hydrogen-bond acceptors (Lipinski definition) is 1. The van der Waals surface area contributed by atoms with Gasteiger partial charge in [0.15, 0.2) is 0 Å². The summed E-state index contributed by atoms with van der Waals surface area (Å²) in [7, 11) is 0. The quantitative estimate of drug-likeness (QED) is 0.581. The van der Waals surface area contributed by atoms with Crippen molar-refractivity contribution >= 4 is 12.4 Å². The van der Waals surface area contributed by atoms with Crippen molar-refractivity contribution in [2.75, 3.05) is 0 Å². The van der Waals surface area contributed by atoms with Crippen molar-refractivity contribution in [2.24, 2.45) is 5.92 Å². The minimum atomic E-state index is 0. The van der Waals surface area contributed by atoms with Gasteiger partial charge in [-0.15, -0.1) is 12.4 Å². The van der Waals surface area contributed by atoms with Crippen LogP contribution >= 0.6 is 12.4 Å². The maximum atomic E-state index is 8.49. The van der Waals surface area contributed by atoms with Crippen LogP contribution in [0, 0.1) is 17.2 Å². The molecule has 72 valence electrons. The second-order valence-corrected chi connectivity index (χ2v) is 3.23. The monoisotopic (exact) mass is 189 g/mol. The molecule has 0 heterocycles. The van der Waals surface area contributed by atoms with Gasteiger partial charge in [-0.2, -0.15) is 5.26 Å². The molecule has 12 heavy (non-hydrogen) atoms. The summed E-state index contributed by atoms with van der Waals surface area (Å²) in [5.74, 6) is 0.261. The van der Waals surface area contributed by atoms with Crippen LogP contribution in [0.4, 0.5) is 0 Å². The van der Waals surface area contributed by atoms with Crippen LogP contribution in [0.5, 0.6) is 0 Å². The second kappa shape index (κ2) is 10.8. The Labute approximate surface area is 82.6 Å². The molecule has 0 aromatic carbocycles. The number of halogens is 1. The third-order valence-corrected chi connectivity index (χ3v) is 1.96. The largest absolute Gasteiger partial charge is 0.198 e. The van der Waals surface area contributed by atoms with Gasteiger partial charge in [-0.1, -0.05) is 39.0 Å². The zero-order valence-electron chi connectivity index (χ0n) is 8.18. The zero-order valence-corrected chi connectivity index (χ0v) is 8.99. The Hall–Kier alpha value is -0.220. The first-order valence-corrected chi connectivity index (χ1v) is 4.70. The summed E-state index contributed by atoms with van der Waals surface area (Å²) in [5.41, 5.74) is 0. The number of unbranched alkanes of at least 4 members (excludes halogenated alkanes) is 4. The summed E-state index contributed by atoms with van der Waals surface area (Å²) in [6, 6.07) is 2.26. The van der Waals surface area contributed by atoms with Crippen LogP contribution in [0.25, 0.3) is 0 Å². The van der Waals surface area contributed by atoms with E-state index in [0.717, 1.165) is 6.42 Å². The molecular formula is C10H20ClN. The fourth-order valence-electron chi connectivity index (χ4n) is 1.12. The molecule has 0 aromatic heterocycles. The molecule has 0 bridgehead atoms. The normalized spacial score (nSPS) is 11.4. The van der Waals surface area contributed by atoms with Crippen molar-refractivity contribution in [2.45, 2.75) is 52.4 Å². The Morgan fingerprint density at radius 2 is 1.75 bits per heavy atom. The van der Waals surface area contributed by atoms with Gasteiger partial charge in [0.1, 0.15) is 0 Å². The molecule has 0 N–H and O–H groups in total. The molecule has 0 fully saturated rings. The lowest BCUT2D eigenvalue weighted by molar-refractivity contribution is 0.556. The first-order valence-electron chi connectivity index (χ1n) is 4.70. The van der Waals surface area contributed by atoms with Crippen molar-refractivity contribution in [3.05, 3.63) is 0 Å². The van der Waals surface area contributed by atoms with E-state index in [-0.39, 0.29) is 18.3 Å². The lowest BCUT2D eigenvalue weighted by atomic mass is 10.0. The van der Waals surface area contributed by atoms with Crippen LogP contribution in [0.15, 0.2) is 0 Å². The highest BCUT2D eigenvalue weighted by molar-refractivity contribution is 5.85. The van der Waals surface area contributed by atoms with Crippen LogP contribution in [0.1, 0.15) is 52.4 Å². The van der Waals surface area contributed by atoms with Crippen LogP contribution in [-0.4, -0.2) is 0 Å². The van der Waals surface area contributed by atoms with E-state index in [0.29, 0.717) is 0 Å². The number of hydrogen-bond donors (Lipinski definition) is 0. The molecule has 0 rings (SSSR count). The summed E-state index contributed by atoms with van der Waals surface area (Å²) in [6.45, 7) is 4.22. The van der Waals surface area contributed by atoms with E-state index >= 15 is 0 Å². The van der Waals surface area contributed by atoms with E-state index in [2.05, 4.69) is 13.0 Å². The summed E-state index contributed by atoms with van der Waals surface area (Å²) in [4.78, 5) is 0. The lowest BCUT2D eigenvalue weighted by Crippen LogP contribution is -1.89. The predicted molar refractivity (Wildman–Crippen MR) is 55.4 cm³/mol. The van der Waals surface area contributed by atoms with Crippen molar-refractivity contribution in [3.63, 3.8) is 0 Å². The van der Waals surface area contributed by atoms with E-state index in [1.807, 2.05) is 6.92 Å². The average molecular weight is 190 g/mol. The highest BCUT2D eigenvalue weighted by Gasteiger charge is 1.97. The van der Waals surface area contributed by atoms with Gasteiger partial charge in [-0.05, 0) is 13.3 Å². The van der Waals surface area contributed by atoms with Crippen LogP contribution in [0.3, 0.4) is 0 Å². The van der Waals surface area contributed by atoms with Gasteiger partial charge in [0.25, 0.3) is 0 Å². The van der Waals surface area contributed by atoms with Gasteiger partial charge in [0.05, 0.1) is 6.07 Å². The zero-order chi connectivity index (χ0) is 8.53. The minimum Gasteiger partial charge on any atom is -0.198 e. The van der Waals surface area contributed by atoms with Crippen LogP contribution < -0.4 is 0 Å². The molecule has 0 aromatic rings. The summed E-state index contributed by atoms with van der Waals surface area (Å²) in [6.07, 6.45) is 7.61. The molecule has 1 nitrogen and oxygen atoms in total. The Bertz CT molecular complexity index is 117. The number of nitrogens with zero attached hydrogens (tertiary/aromatic N) is 1. The molecule has 0 aliphatic heterocycles. The molecule has 1 unspecified atom stereocenters. The Balaban J connectivity index is 0. The van der Waals surface area contributed by atoms with Gasteiger partial charge >= 0.3 is 0 Å². The average Bonchev–Trinajstić information content (AvgIpc) is 2.04. The maximum Gasteiger partial charge on any atom is 0.0652 e. The highest BCUT2D eigenvalue weighted by atomic mass is 35.5. The van der Waals surface area contributed by atoms with E-state index in [1.165, 1.54) is 32.1 Å². The van der Waals surface area contributed by atoms with Crippen molar-refractivity contribution in [3.8, 4) is 6.07 Å². The standard InChI is InChI=1S/C10H19N.ClH/c1-3-4-5-6-7-8-10(2)9-11;/h10H,3-8H2,1-2H3;1H. The smallest absolute Gasteiger partial charge is 0.0652 e. The SMILES string of the molecule is CCCCCCCC(C)C#N.Cl. The second-order valence-electron chi connectivity index (χ2n) is 3.23. The molecule has 0 aliphatic rings. The highest BCUT2D eigenvalue weighted by Crippen LogP contribution is 2.09. The fraction of sp³-hybridized carbons (Fsp3) is 0.900. The lowest BCUT2D eigenvalue weighted by Gasteiger charge is -2.00. The Kier molecular flexibility index (Phi) is 12.9. The molecule has 0 spiro atoms. The first kappa shape index (κ1) is 14.3. The molecule has 0 radical (unpaired) electrons. The minimum absolute atomic E-state index is 0. The molecule has 0 amide bonds. The van der Waals surface area contributed by atoms with Crippen molar-refractivity contribution < 1.29 is 0 Å². The van der Waals surface area contributed by atoms with Gasteiger partial charge in [0, 0.05) is 5.92 Å². The summed E-state index contributed by atoms with van der Waals surface area (Å²) in [5, 5.41) is 8.49. The molecule has 0 aliphatic carbocycles. The van der Waals surface area contributed by atoms with Crippen LogP contribution in [-0.2, 0) is 0 Å². The molecule has 0 saturated heterocycles. The third-order valence-electron chi connectivity index (χ3n) is 1.96. The Morgan fingerprint density at radius 3 is 2.25 bits per heavy atom. The Morgan fingerprint density at radius 1 is 1.17 bits per heavy atom. The van der Waals surface area contributed by atoms with E-state index < -0.39 is 0 Å². The molecule has 2 heteroatoms. The third kappa shape index (κ3) is 9.78.